The zero-order valence-corrected chi connectivity index (χ0v) is 24.1. The fourth-order valence-corrected chi connectivity index (χ4v) is 5.95. The van der Waals surface area contributed by atoms with Crippen LogP contribution in [0.4, 0.5) is 4.39 Å². The summed E-state index contributed by atoms with van der Waals surface area (Å²) in [6.45, 7) is 4.01. The Kier molecular flexibility index (Phi) is 9.64. The van der Waals surface area contributed by atoms with Gasteiger partial charge in [0.1, 0.15) is 17.9 Å². The topological polar surface area (TPSA) is 81.8 Å². The molecule has 0 spiro atoms. The molecule has 0 saturated carbocycles. The Morgan fingerprint density at radius 1 is 0.952 bits per heavy atom. The van der Waals surface area contributed by atoms with Crippen molar-refractivity contribution in [3.05, 3.63) is 107 Å². The standard InChI is InChI=1S/C34H39FN4O3/c1-2-8-31-34(42)38(18-17-24-9-4-3-5-10-24)19-20-39(31)33(41)30(21-25-13-15-28(35)16-14-25)37-32(40)29-22-26-11-6-7-12-27(26)23-36-29/h3-7,9-16,29-31,36H,2,8,17-23H2,1H3,(H,37,40). The minimum Gasteiger partial charge on any atom is -0.343 e. The number of carbonyl (C=O) groups is 3. The van der Waals surface area contributed by atoms with Crippen LogP contribution >= 0.6 is 0 Å². The average Bonchev–Trinajstić information content (AvgIpc) is 3.02. The molecule has 7 nitrogen and oxygen atoms in total. The maximum Gasteiger partial charge on any atom is 0.246 e. The quantitative estimate of drug-likeness (QED) is 0.390. The molecule has 1 saturated heterocycles. The van der Waals surface area contributed by atoms with Gasteiger partial charge in [-0.1, -0.05) is 80.1 Å². The zero-order valence-electron chi connectivity index (χ0n) is 24.1. The number of fused-ring (bicyclic) bond motifs is 1. The summed E-state index contributed by atoms with van der Waals surface area (Å²) in [6, 6.07) is 22.1. The average molecular weight is 571 g/mol. The van der Waals surface area contributed by atoms with E-state index in [9.17, 15) is 18.8 Å². The Labute approximate surface area is 247 Å². The van der Waals surface area contributed by atoms with Crippen molar-refractivity contribution in [2.24, 2.45) is 0 Å². The van der Waals surface area contributed by atoms with E-state index < -0.39 is 18.1 Å². The van der Waals surface area contributed by atoms with Gasteiger partial charge in [0.25, 0.3) is 0 Å². The van der Waals surface area contributed by atoms with Crippen molar-refractivity contribution < 1.29 is 18.8 Å². The first-order chi connectivity index (χ1) is 20.4. The molecule has 0 radical (unpaired) electrons. The van der Waals surface area contributed by atoms with E-state index in [0.717, 1.165) is 35.1 Å². The lowest BCUT2D eigenvalue weighted by atomic mass is 9.95. The Bertz CT molecular complexity index is 1380. The number of benzene rings is 3. The second-order valence-corrected chi connectivity index (χ2v) is 11.2. The van der Waals surface area contributed by atoms with Crippen molar-refractivity contribution in [2.45, 2.75) is 63.7 Å². The number of halogens is 1. The summed E-state index contributed by atoms with van der Waals surface area (Å²) in [5, 5.41) is 6.29. The molecule has 220 valence electrons. The van der Waals surface area contributed by atoms with Gasteiger partial charge >= 0.3 is 0 Å². The lowest BCUT2D eigenvalue weighted by Crippen LogP contribution is -2.63. The lowest BCUT2D eigenvalue weighted by molar-refractivity contribution is -0.153. The van der Waals surface area contributed by atoms with E-state index in [-0.39, 0.29) is 30.0 Å². The summed E-state index contributed by atoms with van der Waals surface area (Å²) < 4.78 is 13.6. The molecule has 3 amide bonds. The van der Waals surface area contributed by atoms with Crippen LogP contribution in [0.15, 0.2) is 78.9 Å². The third-order valence-corrected chi connectivity index (χ3v) is 8.31. The van der Waals surface area contributed by atoms with Crippen LogP contribution in [0.5, 0.6) is 0 Å². The minimum atomic E-state index is -0.884. The largest absolute Gasteiger partial charge is 0.343 e. The Morgan fingerprint density at radius 3 is 2.40 bits per heavy atom. The summed E-state index contributed by atoms with van der Waals surface area (Å²) in [5.74, 6) is -0.955. The molecular formula is C34H39FN4O3. The van der Waals surface area contributed by atoms with Crippen molar-refractivity contribution >= 4 is 17.7 Å². The van der Waals surface area contributed by atoms with E-state index >= 15 is 0 Å². The molecule has 0 bridgehead atoms. The number of amides is 3. The van der Waals surface area contributed by atoms with Gasteiger partial charge in [0, 0.05) is 32.6 Å². The molecule has 3 atom stereocenters. The van der Waals surface area contributed by atoms with Crippen LogP contribution < -0.4 is 10.6 Å². The van der Waals surface area contributed by atoms with Crippen LogP contribution in [0.2, 0.25) is 0 Å². The summed E-state index contributed by atoms with van der Waals surface area (Å²) in [5.41, 5.74) is 4.17. The third-order valence-electron chi connectivity index (χ3n) is 8.31. The molecule has 0 aromatic heterocycles. The van der Waals surface area contributed by atoms with Crippen LogP contribution in [-0.2, 0) is 40.2 Å². The van der Waals surface area contributed by atoms with E-state index in [0.29, 0.717) is 39.0 Å². The maximum absolute atomic E-state index is 14.1. The molecule has 2 aliphatic heterocycles. The van der Waals surface area contributed by atoms with Crippen molar-refractivity contribution in [3.8, 4) is 0 Å². The van der Waals surface area contributed by atoms with Crippen molar-refractivity contribution in [1.29, 1.82) is 0 Å². The van der Waals surface area contributed by atoms with Gasteiger partial charge < -0.3 is 20.4 Å². The second-order valence-electron chi connectivity index (χ2n) is 11.2. The fourth-order valence-electron chi connectivity index (χ4n) is 5.95. The normalized spacial score (nSPS) is 19.2. The van der Waals surface area contributed by atoms with Crippen molar-refractivity contribution in [3.63, 3.8) is 0 Å². The number of rotatable bonds is 10. The molecule has 2 aliphatic rings. The van der Waals surface area contributed by atoms with Gasteiger partial charge in [0.15, 0.2) is 0 Å². The summed E-state index contributed by atoms with van der Waals surface area (Å²) in [6.07, 6.45) is 2.77. The molecule has 8 heteroatoms. The van der Waals surface area contributed by atoms with E-state index in [1.165, 1.54) is 12.1 Å². The highest BCUT2D eigenvalue weighted by molar-refractivity contribution is 5.94. The van der Waals surface area contributed by atoms with E-state index in [1.807, 2.05) is 54.3 Å². The monoisotopic (exact) mass is 570 g/mol. The summed E-state index contributed by atoms with van der Waals surface area (Å²) in [7, 11) is 0. The van der Waals surface area contributed by atoms with Crippen LogP contribution in [0.3, 0.4) is 0 Å². The number of nitrogens with zero attached hydrogens (tertiary/aromatic N) is 2. The first kappa shape index (κ1) is 29.5. The molecule has 2 N–H and O–H groups in total. The van der Waals surface area contributed by atoms with Crippen LogP contribution in [-0.4, -0.2) is 65.3 Å². The molecule has 2 heterocycles. The predicted octanol–water partition coefficient (Wildman–Crippen LogP) is 3.65. The summed E-state index contributed by atoms with van der Waals surface area (Å²) >= 11 is 0. The molecule has 5 rings (SSSR count). The number of hydrogen-bond acceptors (Lipinski definition) is 4. The highest BCUT2D eigenvalue weighted by atomic mass is 19.1. The smallest absolute Gasteiger partial charge is 0.246 e. The highest BCUT2D eigenvalue weighted by Crippen LogP contribution is 2.21. The van der Waals surface area contributed by atoms with Crippen LogP contribution in [0.1, 0.15) is 42.0 Å². The van der Waals surface area contributed by atoms with Gasteiger partial charge in [-0.25, -0.2) is 4.39 Å². The number of piperazine rings is 1. The second kappa shape index (κ2) is 13.7. The van der Waals surface area contributed by atoms with E-state index in [1.54, 1.807) is 17.0 Å². The van der Waals surface area contributed by atoms with Crippen molar-refractivity contribution in [1.82, 2.24) is 20.4 Å². The summed E-state index contributed by atoms with van der Waals surface area (Å²) in [4.78, 5) is 44.8. The third kappa shape index (κ3) is 7.05. The van der Waals surface area contributed by atoms with Gasteiger partial charge in [-0.05, 0) is 53.6 Å². The minimum absolute atomic E-state index is 0.0511. The van der Waals surface area contributed by atoms with Gasteiger partial charge in [0.05, 0.1) is 6.04 Å². The predicted molar refractivity (Wildman–Crippen MR) is 160 cm³/mol. The van der Waals surface area contributed by atoms with E-state index in [2.05, 4.69) is 22.8 Å². The molecule has 3 aromatic rings. The molecular weight excluding hydrogens is 531 g/mol. The van der Waals surface area contributed by atoms with E-state index in [4.69, 9.17) is 0 Å². The van der Waals surface area contributed by atoms with Crippen LogP contribution in [0, 0.1) is 5.82 Å². The zero-order chi connectivity index (χ0) is 29.5. The molecule has 0 aliphatic carbocycles. The van der Waals surface area contributed by atoms with Gasteiger partial charge in [-0.2, -0.15) is 0 Å². The maximum atomic E-state index is 14.1. The first-order valence-electron chi connectivity index (χ1n) is 14.9. The van der Waals surface area contributed by atoms with Gasteiger partial charge in [-0.3, -0.25) is 14.4 Å². The highest BCUT2D eigenvalue weighted by Gasteiger charge is 2.40. The number of carbonyl (C=O) groups excluding carboxylic acids is 3. The first-order valence-corrected chi connectivity index (χ1v) is 14.9. The Morgan fingerprint density at radius 2 is 1.67 bits per heavy atom. The fraction of sp³-hybridized carbons (Fsp3) is 0.382. The molecule has 3 aromatic carbocycles. The Hall–Kier alpha value is -4.04. The van der Waals surface area contributed by atoms with Gasteiger partial charge in [0.2, 0.25) is 17.7 Å². The SMILES string of the molecule is CCCC1C(=O)N(CCc2ccccc2)CCN1C(=O)C(Cc1ccc(F)cc1)NC(=O)C1Cc2ccccc2CN1. The number of hydrogen-bond donors (Lipinski definition) is 2. The molecule has 1 fully saturated rings. The van der Waals surface area contributed by atoms with Crippen molar-refractivity contribution in [2.75, 3.05) is 19.6 Å². The number of nitrogens with one attached hydrogen (secondary N) is 2. The Balaban J connectivity index is 1.32. The lowest BCUT2D eigenvalue weighted by Gasteiger charge is -2.42. The molecule has 3 unspecified atom stereocenters. The molecule has 42 heavy (non-hydrogen) atoms. The van der Waals surface area contributed by atoms with Gasteiger partial charge in [-0.15, -0.1) is 0 Å². The van der Waals surface area contributed by atoms with Crippen LogP contribution in [0.25, 0.3) is 0 Å².